The maximum absolute atomic E-state index is 5.99. The van der Waals surface area contributed by atoms with Crippen LogP contribution in [0.4, 0.5) is 0 Å². The van der Waals surface area contributed by atoms with Gasteiger partial charge in [0.2, 0.25) is 0 Å². The summed E-state index contributed by atoms with van der Waals surface area (Å²) in [5, 5.41) is 8.48. The summed E-state index contributed by atoms with van der Waals surface area (Å²) >= 11 is 0. The highest BCUT2D eigenvalue weighted by atomic mass is 15.3. The molecule has 0 aliphatic carbocycles. The summed E-state index contributed by atoms with van der Waals surface area (Å²) in [5.74, 6) is 0. The van der Waals surface area contributed by atoms with Crippen molar-refractivity contribution in [1.29, 1.82) is 0 Å². The molecule has 0 aliphatic heterocycles. The number of nitrogens with zero attached hydrogens (tertiary/aromatic N) is 4. The summed E-state index contributed by atoms with van der Waals surface area (Å²) < 4.78 is 3.47. The van der Waals surface area contributed by atoms with Gasteiger partial charge in [-0.2, -0.15) is 10.2 Å². The van der Waals surface area contributed by atoms with Crippen LogP contribution in [-0.4, -0.2) is 19.6 Å². The van der Waals surface area contributed by atoms with E-state index in [4.69, 9.17) is 5.73 Å². The average molecular weight is 191 g/mol. The van der Waals surface area contributed by atoms with Gasteiger partial charge in [-0.05, 0) is 12.1 Å². The SMILES string of the molecule is Cn1ccc(C(N)c2ccn(C)n2)n1. The third kappa shape index (κ3) is 1.54. The molecule has 5 heteroatoms. The van der Waals surface area contributed by atoms with Crippen LogP contribution in [0.5, 0.6) is 0 Å². The Bertz CT molecular complexity index is 388. The minimum Gasteiger partial charge on any atom is -0.318 e. The molecule has 0 amide bonds. The molecule has 2 rings (SSSR count). The Kier molecular flexibility index (Phi) is 2.09. The van der Waals surface area contributed by atoms with Crippen molar-refractivity contribution in [2.75, 3.05) is 0 Å². The lowest BCUT2D eigenvalue weighted by Crippen LogP contribution is -2.14. The summed E-state index contributed by atoms with van der Waals surface area (Å²) in [7, 11) is 3.74. The van der Waals surface area contributed by atoms with Crippen molar-refractivity contribution in [3.05, 3.63) is 35.9 Å². The molecule has 0 saturated heterocycles. The van der Waals surface area contributed by atoms with Gasteiger partial charge < -0.3 is 5.73 Å². The molecule has 0 aromatic carbocycles. The second-order valence-corrected chi connectivity index (χ2v) is 3.31. The van der Waals surface area contributed by atoms with E-state index in [9.17, 15) is 0 Å². The second-order valence-electron chi connectivity index (χ2n) is 3.31. The molecule has 0 aliphatic rings. The first kappa shape index (κ1) is 8.96. The first-order valence-corrected chi connectivity index (χ1v) is 4.41. The molecular formula is C9H13N5. The molecule has 2 aromatic heterocycles. The van der Waals surface area contributed by atoms with Crippen LogP contribution in [0.2, 0.25) is 0 Å². The molecule has 5 nitrogen and oxygen atoms in total. The minimum atomic E-state index is -0.239. The first-order chi connectivity index (χ1) is 6.66. The largest absolute Gasteiger partial charge is 0.318 e. The standard InChI is InChI=1S/C9H13N5/c1-13-5-3-7(11-13)9(10)8-4-6-14(2)12-8/h3-6,9H,10H2,1-2H3. The van der Waals surface area contributed by atoms with E-state index in [0.29, 0.717) is 0 Å². The van der Waals surface area contributed by atoms with Crippen LogP contribution in [0, 0.1) is 0 Å². The predicted octanol–water partition coefficient (Wildman–Crippen LogP) is 0.202. The lowest BCUT2D eigenvalue weighted by atomic mass is 10.1. The number of nitrogens with two attached hydrogens (primary N) is 1. The maximum Gasteiger partial charge on any atom is 0.0937 e. The van der Waals surface area contributed by atoms with Gasteiger partial charge in [-0.25, -0.2) is 0 Å². The summed E-state index contributed by atoms with van der Waals surface area (Å²) in [4.78, 5) is 0. The zero-order valence-corrected chi connectivity index (χ0v) is 8.25. The van der Waals surface area contributed by atoms with E-state index in [0.717, 1.165) is 11.4 Å². The van der Waals surface area contributed by atoms with Gasteiger partial charge in [-0.3, -0.25) is 9.36 Å². The van der Waals surface area contributed by atoms with Crippen LogP contribution < -0.4 is 5.73 Å². The lowest BCUT2D eigenvalue weighted by molar-refractivity contribution is 0.681. The number of rotatable bonds is 2. The first-order valence-electron chi connectivity index (χ1n) is 4.41. The third-order valence-electron chi connectivity index (χ3n) is 2.11. The Morgan fingerprint density at radius 3 is 1.79 bits per heavy atom. The molecule has 2 heterocycles. The van der Waals surface area contributed by atoms with E-state index in [1.165, 1.54) is 0 Å². The van der Waals surface area contributed by atoms with Gasteiger partial charge in [-0.1, -0.05) is 0 Å². The van der Waals surface area contributed by atoms with E-state index < -0.39 is 0 Å². The van der Waals surface area contributed by atoms with Crippen molar-refractivity contribution in [1.82, 2.24) is 19.6 Å². The predicted molar refractivity (Wildman–Crippen MR) is 52.4 cm³/mol. The normalized spacial score (nSPS) is 11.1. The summed E-state index contributed by atoms with van der Waals surface area (Å²) in [6.07, 6.45) is 3.75. The summed E-state index contributed by atoms with van der Waals surface area (Å²) in [6, 6.07) is 3.57. The van der Waals surface area contributed by atoms with Gasteiger partial charge in [0.15, 0.2) is 0 Å². The maximum atomic E-state index is 5.99. The zero-order valence-electron chi connectivity index (χ0n) is 8.25. The molecule has 0 bridgehead atoms. The Morgan fingerprint density at radius 2 is 1.50 bits per heavy atom. The lowest BCUT2D eigenvalue weighted by Gasteiger charge is -2.03. The van der Waals surface area contributed by atoms with Gasteiger partial charge in [0.1, 0.15) is 0 Å². The molecule has 0 fully saturated rings. The van der Waals surface area contributed by atoms with Gasteiger partial charge in [0, 0.05) is 26.5 Å². The highest BCUT2D eigenvalue weighted by Crippen LogP contribution is 2.14. The smallest absolute Gasteiger partial charge is 0.0937 e. The molecule has 2 aromatic rings. The molecule has 0 saturated carbocycles. The fourth-order valence-electron chi connectivity index (χ4n) is 1.35. The van der Waals surface area contributed by atoms with Gasteiger partial charge >= 0.3 is 0 Å². The Hall–Kier alpha value is -1.62. The van der Waals surface area contributed by atoms with Crippen LogP contribution in [-0.2, 0) is 14.1 Å². The van der Waals surface area contributed by atoms with Crippen molar-refractivity contribution < 1.29 is 0 Å². The number of aryl methyl sites for hydroxylation is 2. The summed E-state index contributed by atoms with van der Waals surface area (Å²) in [5.41, 5.74) is 7.67. The van der Waals surface area contributed by atoms with E-state index in [2.05, 4.69) is 10.2 Å². The van der Waals surface area contributed by atoms with Crippen LogP contribution in [0.1, 0.15) is 17.4 Å². The van der Waals surface area contributed by atoms with Crippen molar-refractivity contribution in [2.24, 2.45) is 19.8 Å². The molecule has 0 unspecified atom stereocenters. The third-order valence-corrected chi connectivity index (χ3v) is 2.11. The molecule has 0 spiro atoms. The molecule has 74 valence electrons. The molecule has 0 atom stereocenters. The van der Waals surface area contributed by atoms with Crippen LogP contribution in [0.3, 0.4) is 0 Å². The summed E-state index contributed by atoms with van der Waals surface area (Å²) in [6.45, 7) is 0. The van der Waals surface area contributed by atoms with E-state index in [1.54, 1.807) is 9.36 Å². The Balaban J connectivity index is 2.28. The molecule has 14 heavy (non-hydrogen) atoms. The highest BCUT2D eigenvalue weighted by Gasteiger charge is 2.13. The quantitative estimate of drug-likeness (QED) is 0.737. The van der Waals surface area contributed by atoms with Gasteiger partial charge in [0.05, 0.1) is 17.4 Å². The topological polar surface area (TPSA) is 61.7 Å². The molecule has 0 radical (unpaired) electrons. The van der Waals surface area contributed by atoms with Gasteiger partial charge in [-0.15, -0.1) is 0 Å². The van der Waals surface area contributed by atoms with Crippen molar-refractivity contribution >= 4 is 0 Å². The highest BCUT2D eigenvalue weighted by molar-refractivity contribution is 5.18. The fourth-order valence-corrected chi connectivity index (χ4v) is 1.35. The van der Waals surface area contributed by atoms with E-state index >= 15 is 0 Å². The van der Waals surface area contributed by atoms with Crippen molar-refractivity contribution in [3.63, 3.8) is 0 Å². The Labute approximate surface area is 82.1 Å². The molecular weight excluding hydrogens is 178 g/mol. The Morgan fingerprint density at radius 1 is 1.07 bits per heavy atom. The van der Waals surface area contributed by atoms with Crippen LogP contribution in [0.15, 0.2) is 24.5 Å². The van der Waals surface area contributed by atoms with E-state index in [1.807, 2.05) is 38.6 Å². The van der Waals surface area contributed by atoms with Crippen molar-refractivity contribution in [2.45, 2.75) is 6.04 Å². The fraction of sp³-hybridized carbons (Fsp3) is 0.333. The monoisotopic (exact) mass is 191 g/mol. The number of hydrogen-bond donors (Lipinski definition) is 1. The second kappa shape index (κ2) is 3.26. The molecule has 2 N–H and O–H groups in total. The number of hydrogen-bond acceptors (Lipinski definition) is 3. The van der Waals surface area contributed by atoms with Crippen molar-refractivity contribution in [3.8, 4) is 0 Å². The van der Waals surface area contributed by atoms with Crippen LogP contribution >= 0.6 is 0 Å². The number of aromatic nitrogens is 4. The zero-order chi connectivity index (χ0) is 10.1. The van der Waals surface area contributed by atoms with Gasteiger partial charge in [0.25, 0.3) is 0 Å². The average Bonchev–Trinajstić information content (AvgIpc) is 2.73. The minimum absolute atomic E-state index is 0.239. The van der Waals surface area contributed by atoms with Crippen LogP contribution in [0.25, 0.3) is 0 Å². The van der Waals surface area contributed by atoms with E-state index in [-0.39, 0.29) is 6.04 Å².